The van der Waals surface area contributed by atoms with E-state index in [1.807, 2.05) is 11.8 Å². The maximum absolute atomic E-state index is 11.5. The van der Waals surface area contributed by atoms with Crippen LogP contribution < -0.4 is 0 Å². The van der Waals surface area contributed by atoms with Gasteiger partial charge in [0.25, 0.3) is 0 Å². The van der Waals surface area contributed by atoms with E-state index in [1.165, 1.54) is 18.7 Å². The number of thioether (sulfide) groups is 1. The Labute approximate surface area is 99.2 Å². The van der Waals surface area contributed by atoms with Gasteiger partial charge >= 0.3 is 0 Å². The third kappa shape index (κ3) is 2.10. The predicted octanol–water partition coefficient (Wildman–Crippen LogP) is 0.123. The van der Waals surface area contributed by atoms with E-state index in [0.717, 1.165) is 0 Å². The lowest BCUT2D eigenvalue weighted by Gasteiger charge is -2.21. The van der Waals surface area contributed by atoms with Crippen molar-refractivity contribution in [2.24, 2.45) is 4.99 Å². The van der Waals surface area contributed by atoms with E-state index in [0.29, 0.717) is 11.7 Å². The Morgan fingerprint density at radius 1 is 1.56 bits per heavy atom. The minimum atomic E-state index is -2.90. The van der Waals surface area contributed by atoms with E-state index < -0.39 is 9.84 Å². The molecule has 0 radical (unpaired) electrons. The second-order valence-corrected chi connectivity index (χ2v) is 7.36. The van der Waals surface area contributed by atoms with Gasteiger partial charge in [0, 0.05) is 18.7 Å². The molecule has 0 unspecified atom stereocenters. The maximum atomic E-state index is 11.5. The lowest BCUT2D eigenvalue weighted by Crippen LogP contribution is -2.37. The van der Waals surface area contributed by atoms with Gasteiger partial charge in [0.2, 0.25) is 5.91 Å². The number of sulfone groups is 1. The van der Waals surface area contributed by atoms with Crippen LogP contribution in [-0.4, -0.2) is 53.7 Å². The molecule has 1 amide bonds. The van der Waals surface area contributed by atoms with Gasteiger partial charge < -0.3 is 4.90 Å². The van der Waals surface area contributed by atoms with E-state index in [1.54, 1.807) is 0 Å². The van der Waals surface area contributed by atoms with Crippen molar-refractivity contribution in [2.45, 2.75) is 25.1 Å². The zero-order chi connectivity index (χ0) is 11.9. The third-order valence-electron chi connectivity index (χ3n) is 2.77. The summed E-state index contributed by atoms with van der Waals surface area (Å²) in [6.07, 6.45) is 0. The van der Waals surface area contributed by atoms with Gasteiger partial charge in [0.05, 0.1) is 17.5 Å². The molecule has 2 atom stereocenters. The molecule has 2 fully saturated rings. The molecule has 0 N–H and O–H groups in total. The Kier molecular flexibility index (Phi) is 3.00. The third-order valence-corrected chi connectivity index (χ3v) is 6.02. The molecule has 16 heavy (non-hydrogen) atoms. The first-order chi connectivity index (χ1) is 7.43. The van der Waals surface area contributed by atoms with Crippen molar-refractivity contribution < 1.29 is 13.2 Å². The van der Waals surface area contributed by atoms with Gasteiger partial charge in [-0.1, -0.05) is 11.8 Å². The maximum Gasteiger partial charge on any atom is 0.244 e. The largest absolute Gasteiger partial charge is 0.346 e. The number of amides is 1. The van der Waals surface area contributed by atoms with Crippen molar-refractivity contribution in [1.82, 2.24) is 4.90 Å². The van der Waals surface area contributed by atoms with E-state index >= 15 is 0 Å². The molecule has 5 nitrogen and oxygen atoms in total. The first kappa shape index (κ1) is 11.9. The number of rotatable bonds is 1. The Morgan fingerprint density at radius 3 is 2.81 bits per heavy atom. The molecular formula is C9H14N2O3S2. The average molecular weight is 262 g/mol. The van der Waals surface area contributed by atoms with Crippen LogP contribution >= 0.6 is 11.8 Å². The van der Waals surface area contributed by atoms with Gasteiger partial charge in [-0.2, -0.15) is 4.99 Å². The number of amidine groups is 1. The lowest BCUT2D eigenvalue weighted by molar-refractivity contribution is -0.115. The van der Waals surface area contributed by atoms with Crippen molar-refractivity contribution >= 4 is 32.7 Å². The molecule has 0 aromatic rings. The molecule has 0 aromatic heterocycles. The lowest BCUT2D eigenvalue weighted by atomic mass is 10.2. The standard InChI is InChI=1S/C9H14N2O3S2/c1-3-11-7-4-16(13,14)5-8(7)15-9(11)10-6(2)12/h7-8H,3-5H2,1-2H3/t7-,8+/m1/s1. The Hall–Kier alpha value is -0.560. The highest BCUT2D eigenvalue weighted by molar-refractivity contribution is 8.15. The summed E-state index contributed by atoms with van der Waals surface area (Å²) >= 11 is 1.42. The number of hydrogen-bond acceptors (Lipinski definition) is 4. The van der Waals surface area contributed by atoms with Crippen molar-refractivity contribution in [2.75, 3.05) is 18.1 Å². The van der Waals surface area contributed by atoms with Crippen LogP contribution in [0.2, 0.25) is 0 Å². The van der Waals surface area contributed by atoms with E-state index in [4.69, 9.17) is 0 Å². The van der Waals surface area contributed by atoms with Crippen molar-refractivity contribution in [3.63, 3.8) is 0 Å². The molecule has 0 bridgehead atoms. The second-order valence-electron chi connectivity index (χ2n) is 4.00. The van der Waals surface area contributed by atoms with Crippen LogP contribution in [0.25, 0.3) is 0 Å². The minimum absolute atomic E-state index is 0.00176. The molecule has 7 heteroatoms. The average Bonchev–Trinajstić information content (AvgIpc) is 2.54. The molecule has 0 saturated carbocycles. The molecule has 2 aliphatic rings. The van der Waals surface area contributed by atoms with Crippen LogP contribution in [0.5, 0.6) is 0 Å². The van der Waals surface area contributed by atoms with Crippen molar-refractivity contribution in [1.29, 1.82) is 0 Å². The summed E-state index contributed by atoms with van der Waals surface area (Å²) in [6.45, 7) is 4.05. The highest BCUT2D eigenvalue weighted by Crippen LogP contribution is 2.37. The first-order valence-corrected chi connectivity index (χ1v) is 7.86. The molecule has 2 saturated heterocycles. The van der Waals surface area contributed by atoms with Crippen LogP contribution in [0.15, 0.2) is 4.99 Å². The zero-order valence-electron chi connectivity index (χ0n) is 9.21. The van der Waals surface area contributed by atoms with Gasteiger partial charge in [0.1, 0.15) is 0 Å². The fourth-order valence-corrected chi connectivity index (χ4v) is 6.20. The van der Waals surface area contributed by atoms with Gasteiger partial charge in [-0.25, -0.2) is 8.42 Å². The minimum Gasteiger partial charge on any atom is -0.346 e. The van der Waals surface area contributed by atoms with Crippen LogP contribution in [0.4, 0.5) is 0 Å². The number of nitrogens with zero attached hydrogens (tertiary/aromatic N) is 2. The molecule has 90 valence electrons. The summed E-state index contributed by atoms with van der Waals surface area (Å²) in [7, 11) is -2.90. The van der Waals surface area contributed by atoms with E-state index in [-0.39, 0.29) is 28.7 Å². The smallest absolute Gasteiger partial charge is 0.244 e. The monoisotopic (exact) mass is 262 g/mol. The first-order valence-electron chi connectivity index (χ1n) is 5.16. The van der Waals surface area contributed by atoms with Crippen LogP contribution in [-0.2, 0) is 14.6 Å². The van der Waals surface area contributed by atoms with Crippen LogP contribution in [0.1, 0.15) is 13.8 Å². The molecule has 2 heterocycles. The highest BCUT2D eigenvalue weighted by Gasteiger charge is 2.48. The topological polar surface area (TPSA) is 66.8 Å². The fourth-order valence-electron chi connectivity index (χ4n) is 2.14. The fraction of sp³-hybridized carbons (Fsp3) is 0.778. The van der Waals surface area contributed by atoms with Crippen molar-refractivity contribution in [3.8, 4) is 0 Å². The number of hydrogen-bond donors (Lipinski definition) is 0. The summed E-state index contributed by atoms with van der Waals surface area (Å²) < 4.78 is 23.0. The highest BCUT2D eigenvalue weighted by atomic mass is 32.2. The van der Waals surface area contributed by atoms with Crippen LogP contribution in [0, 0.1) is 0 Å². The summed E-state index contributed by atoms with van der Waals surface area (Å²) in [5, 5.41) is 0.725. The quantitative estimate of drug-likeness (QED) is 0.671. The van der Waals surface area contributed by atoms with Gasteiger partial charge in [-0.15, -0.1) is 0 Å². The summed E-state index contributed by atoms with van der Waals surface area (Å²) in [5.41, 5.74) is 0. The van der Waals surface area contributed by atoms with Gasteiger partial charge in [0.15, 0.2) is 15.0 Å². The molecule has 0 aliphatic carbocycles. The SMILES string of the molecule is CCN1C(=NC(C)=O)S[C@H]2CS(=O)(=O)C[C@H]21. The Morgan fingerprint density at radius 2 is 2.25 bits per heavy atom. The second kappa shape index (κ2) is 4.03. The van der Waals surface area contributed by atoms with E-state index in [2.05, 4.69) is 4.99 Å². The molecule has 2 rings (SSSR count). The normalized spacial score (nSPS) is 34.4. The summed E-state index contributed by atoms with van der Waals surface area (Å²) in [6, 6.07) is -0.00176. The molecular weight excluding hydrogens is 248 g/mol. The molecule has 0 aromatic carbocycles. The van der Waals surface area contributed by atoms with Crippen LogP contribution in [0.3, 0.4) is 0 Å². The number of aliphatic imine (C=N–C) groups is 1. The summed E-state index contributed by atoms with van der Waals surface area (Å²) in [5.74, 6) is 0.161. The Bertz CT molecular complexity index is 444. The van der Waals surface area contributed by atoms with Crippen molar-refractivity contribution in [3.05, 3.63) is 0 Å². The number of fused-ring (bicyclic) bond motifs is 1. The molecule has 2 aliphatic heterocycles. The predicted molar refractivity (Wildman–Crippen MR) is 64.3 cm³/mol. The van der Waals surface area contributed by atoms with Gasteiger partial charge in [-0.05, 0) is 6.92 Å². The zero-order valence-corrected chi connectivity index (χ0v) is 10.8. The number of carbonyl (C=O) groups is 1. The molecule has 0 spiro atoms. The summed E-state index contributed by atoms with van der Waals surface area (Å²) in [4.78, 5) is 16.8. The number of carbonyl (C=O) groups excluding carboxylic acids is 1. The Balaban J connectivity index is 2.25. The van der Waals surface area contributed by atoms with Gasteiger partial charge in [-0.3, -0.25) is 4.79 Å². The van der Waals surface area contributed by atoms with E-state index in [9.17, 15) is 13.2 Å².